The Kier molecular flexibility index (Phi) is 6.50. The molecule has 25 heavy (non-hydrogen) atoms. The Hall–Kier alpha value is -1.13. The van der Waals surface area contributed by atoms with Crippen LogP contribution in [0.2, 0.25) is 5.02 Å². The lowest BCUT2D eigenvalue weighted by molar-refractivity contribution is -0.115. The molecule has 2 aromatic rings. The Morgan fingerprint density at radius 2 is 2.08 bits per heavy atom. The molecule has 0 saturated carbocycles. The number of thiazole rings is 1. The molecule has 1 heterocycles. The number of nitrogens with zero attached hydrogens (tertiary/aromatic N) is 2. The van der Waals surface area contributed by atoms with E-state index in [0.717, 1.165) is 14.3 Å². The molecular formula is C15H18ClN3O3S3. The van der Waals surface area contributed by atoms with Gasteiger partial charge in [-0.25, -0.2) is 17.7 Å². The zero-order valence-corrected chi connectivity index (χ0v) is 17.3. The second-order valence-electron chi connectivity index (χ2n) is 5.44. The maximum atomic E-state index is 12.4. The van der Waals surface area contributed by atoms with Gasteiger partial charge in [0.2, 0.25) is 15.9 Å². The maximum absolute atomic E-state index is 12.4. The third-order valence-corrected chi connectivity index (χ3v) is 7.69. The highest BCUT2D eigenvalue weighted by Gasteiger charge is 2.22. The first-order chi connectivity index (χ1) is 11.6. The quantitative estimate of drug-likeness (QED) is 0.725. The van der Waals surface area contributed by atoms with Crippen LogP contribution in [-0.2, 0) is 14.8 Å². The predicted molar refractivity (Wildman–Crippen MR) is 103 cm³/mol. The molecule has 1 amide bonds. The third kappa shape index (κ3) is 4.95. The van der Waals surface area contributed by atoms with Gasteiger partial charge in [0.05, 0.1) is 10.3 Å². The van der Waals surface area contributed by atoms with Crippen molar-refractivity contribution in [2.45, 2.75) is 28.3 Å². The fourth-order valence-electron chi connectivity index (χ4n) is 1.81. The summed E-state index contributed by atoms with van der Waals surface area (Å²) in [5.41, 5.74) is 1.29. The van der Waals surface area contributed by atoms with E-state index in [9.17, 15) is 13.2 Å². The lowest BCUT2D eigenvalue weighted by Gasteiger charge is -2.15. The summed E-state index contributed by atoms with van der Waals surface area (Å²) in [5, 5.41) is 4.37. The topological polar surface area (TPSA) is 79.4 Å². The molecule has 0 unspecified atom stereocenters. The van der Waals surface area contributed by atoms with E-state index in [1.54, 1.807) is 13.0 Å². The minimum absolute atomic E-state index is 0.0483. The van der Waals surface area contributed by atoms with Crippen molar-refractivity contribution in [3.63, 3.8) is 0 Å². The first-order valence-corrected chi connectivity index (χ1v) is 10.8. The van der Waals surface area contributed by atoms with Crippen molar-refractivity contribution in [1.82, 2.24) is 9.29 Å². The second-order valence-corrected chi connectivity index (χ2v) is 10.4. The van der Waals surface area contributed by atoms with E-state index in [1.807, 2.05) is 12.3 Å². The smallest absolute Gasteiger partial charge is 0.244 e. The van der Waals surface area contributed by atoms with Crippen LogP contribution in [0.4, 0.5) is 5.69 Å². The highest BCUT2D eigenvalue weighted by molar-refractivity contribution is 8.02. The Bertz CT molecular complexity index is 881. The SMILES string of the molecule is Cc1csc(S[C@H](C)C(=O)Nc2ccc(Cl)c(S(=O)(=O)N(C)C)c2)n1. The molecule has 1 N–H and O–H groups in total. The molecule has 0 radical (unpaired) electrons. The number of halogens is 1. The standard InChI is InChI=1S/C15H18ClN3O3S3/c1-9-8-23-15(17-9)24-10(2)14(20)18-11-5-6-12(16)13(7-11)25(21,22)19(3)4/h5-8,10H,1-4H3,(H,18,20)/t10-/m1/s1. The molecule has 2 rings (SSSR count). The third-order valence-electron chi connectivity index (χ3n) is 3.20. The summed E-state index contributed by atoms with van der Waals surface area (Å²) in [5.74, 6) is -0.242. The minimum Gasteiger partial charge on any atom is -0.325 e. The zero-order chi connectivity index (χ0) is 18.8. The zero-order valence-electron chi connectivity index (χ0n) is 14.1. The number of benzene rings is 1. The summed E-state index contributed by atoms with van der Waals surface area (Å²) in [4.78, 5) is 16.6. The van der Waals surface area contributed by atoms with Crippen LogP contribution >= 0.6 is 34.7 Å². The van der Waals surface area contributed by atoms with Gasteiger partial charge in [0.1, 0.15) is 4.90 Å². The normalized spacial score (nSPS) is 13.0. The predicted octanol–water partition coefficient (Wildman–Crippen LogP) is 3.47. The van der Waals surface area contributed by atoms with Gasteiger partial charge in [-0.2, -0.15) is 0 Å². The lowest BCUT2D eigenvalue weighted by atomic mass is 10.3. The summed E-state index contributed by atoms with van der Waals surface area (Å²) in [7, 11) is -0.851. The van der Waals surface area contributed by atoms with Crippen molar-refractivity contribution >= 4 is 56.3 Å². The van der Waals surface area contributed by atoms with Gasteiger partial charge in [0, 0.05) is 30.9 Å². The van der Waals surface area contributed by atoms with Gasteiger partial charge in [0.15, 0.2) is 4.34 Å². The maximum Gasteiger partial charge on any atom is 0.244 e. The monoisotopic (exact) mass is 419 g/mol. The molecule has 136 valence electrons. The first kappa shape index (κ1) is 20.2. The van der Waals surface area contributed by atoms with Gasteiger partial charge in [-0.1, -0.05) is 23.4 Å². The molecule has 0 aliphatic heterocycles. The van der Waals surface area contributed by atoms with Crippen LogP contribution in [0.3, 0.4) is 0 Å². The van der Waals surface area contributed by atoms with E-state index >= 15 is 0 Å². The van der Waals surface area contributed by atoms with Crippen molar-refractivity contribution < 1.29 is 13.2 Å². The average molecular weight is 420 g/mol. The largest absolute Gasteiger partial charge is 0.325 e. The van der Waals surface area contributed by atoms with Gasteiger partial charge < -0.3 is 5.32 Å². The van der Waals surface area contributed by atoms with Gasteiger partial charge >= 0.3 is 0 Å². The number of nitrogens with one attached hydrogen (secondary N) is 1. The molecule has 1 atom stereocenters. The number of carbonyl (C=O) groups excluding carboxylic acids is 1. The summed E-state index contributed by atoms with van der Waals surface area (Å²) >= 11 is 8.84. The highest BCUT2D eigenvalue weighted by Crippen LogP contribution is 2.29. The molecule has 0 aliphatic rings. The van der Waals surface area contributed by atoms with Crippen molar-refractivity contribution in [3.8, 4) is 0 Å². The fourth-order valence-corrected chi connectivity index (χ4v) is 5.19. The van der Waals surface area contributed by atoms with Crippen molar-refractivity contribution in [3.05, 3.63) is 34.3 Å². The number of thioether (sulfide) groups is 1. The van der Waals surface area contributed by atoms with Crippen LogP contribution in [0.15, 0.2) is 32.8 Å². The van der Waals surface area contributed by atoms with Crippen molar-refractivity contribution in [2.75, 3.05) is 19.4 Å². The second kappa shape index (κ2) is 8.05. The van der Waals surface area contributed by atoms with E-state index < -0.39 is 10.0 Å². The van der Waals surface area contributed by atoms with Gasteiger partial charge in [-0.05, 0) is 32.0 Å². The van der Waals surface area contributed by atoms with Crippen LogP contribution < -0.4 is 5.32 Å². The number of amides is 1. The number of aryl methyl sites for hydroxylation is 1. The lowest BCUT2D eigenvalue weighted by Crippen LogP contribution is -2.24. The molecule has 10 heteroatoms. The van der Waals surface area contributed by atoms with Crippen LogP contribution in [0.1, 0.15) is 12.6 Å². The Balaban J connectivity index is 2.15. The molecule has 0 spiro atoms. The molecule has 0 saturated heterocycles. The Morgan fingerprint density at radius 1 is 1.40 bits per heavy atom. The van der Waals surface area contributed by atoms with E-state index in [1.165, 1.54) is 49.3 Å². The fraction of sp³-hybridized carbons (Fsp3) is 0.333. The van der Waals surface area contributed by atoms with E-state index in [0.29, 0.717) is 5.69 Å². The summed E-state index contributed by atoms with van der Waals surface area (Å²) in [6, 6.07) is 4.38. The molecule has 0 fully saturated rings. The van der Waals surface area contributed by atoms with Crippen LogP contribution in [-0.4, -0.2) is 43.0 Å². The molecular weight excluding hydrogens is 402 g/mol. The molecule has 0 aliphatic carbocycles. The van der Waals surface area contributed by atoms with E-state index in [-0.39, 0.29) is 21.1 Å². The van der Waals surface area contributed by atoms with Gasteiger partial charge in [-0.3, -0.25) is 4.79 Å². The number of aromatic nitrogens is 1. The van der Waals surface area contributed by atoms with Crippen molar-refractivity contribution in [2.24, 2.45) is 0 Å². The number of sulfonamides is 1. The van der Waals surface area contributed by atoms with Gasteiger partial charge in [0.25, 0.3) is 0 Å². The summed E-state index contributed by atoms with van der Waals surface area (Å²) < 4.78 is 26.5. The number of rotatable bonds is 6. The number of hydrogen-bond donors (Lipinski definition) is 1. The molecule has 0 bridgehead atoms. The number of carbonyl (C=O) groups is 1. The highest BCUT2D eigenvalue weighted by atomic mass is 35.5. The number of hydrogen-bond acceptors (Lipinski definition) is 6. The van der Waals surface area contributed by atoms with E-state index in [4.69, 9.17) is 11.6 Å². The Morgan fingerprint density at radius 3 is 2.64 bits per heavy atom. The minimum atomic E-state index is -3.70. The number of anilines is 1. The van der Waals surface area contributed by atoms with E-state index in [2.05, 4.69) is 10.3 Å². The van der Waals surface area contributed by atoms with Crippen molar-refractivity contribution in [1.29, 1.82) is 0 Å². The average Bonchev–Trinajstić information content (AvgIpc) is 2.93. The Labute approximate surface area is 160 Å². The summed E-state index contributed by atoms with van der Waals surface area (Å²) in [6.07, 6.45) is 0. The molecule has 6 nitrogen and oxygen atoms in total. The van der Waals surface area contributed by atoms with Gasteiger partial charge in [-0.15, -0.1) is 11.3 Å². The molecule has 1 aromatic heterocycles. The van der Waals surface area contributed by atoms with Crippen LogP contribution in [0, 0.1) is 6.92 Å². The first-order valence-electron chi connectivity index (χ1n) is 7.23. The molecule has 1 aromatic carbocycles. The van der Waals surface area contributed by atoms with Crippen LogP contribution in [0.5, 0.6) is 0 Å². The van der Waals surface area contributed by atoms with Crippen LogP contribution in [0.25, 0.3) is 0 Å². The summed E-state index contributed by atoms with van der Waals surface area (Å²) in [6.45, 7) is 3.66.